The number of pyridine rings is 1. The maximum atomic E-state index is 13.5. The fourth-order valence-corrected chi connectivity index (χ4v) is 5.41. The summed E-state index contributed by atoms with van der Waals surface area (Å²) in [6.07, 6.45) is 6.19. The number of piperidine rings is 1. The number of likely N-dealkylation sites (tertiary alicyclic amines) is 1. The highest BCUT2D eigenvalue weighted by atomic mass is 19.1. The molecule has 0 spiro atoms. The van der Waals surface area contributed by atoms with E-state index in [4.69, 9.17) is 15.0 Å². The summed E-state index contributed by atoms with van der Waals surface area (Å²) in [6.45, 7) is 3.15. The van der Waals surface area contributed by atoms with E-state index in [0.717, 1.165) is 42.8 Å². The maximum Gasteiger partial charge on any atom is 0.324 e. The topological polar surface area (TPSA) is 111 Å². The van der Waals surface area contributed by atoms with Crippen LogP contribution in [-0.2, 0) is 11.3 Å². The van der Waals surface area contributed by atoms with Crippen LogP contribution in [0.15, 0.2) is 47.2 Å². The lowest BCUT2D eigenvalue weighted by atomic mass is 9.85. The van der Waals surface area contributed by atoms with Gasteiger partial charge in [0, 0.05) is 43.4 Å². The van der Waals surface area contributed by atoms with Crippen molar-refractivity contribution in [2.45, 2.75) is 38.3 Å². The van der Waals surface area contributed by atoms with Gasteiger partial charge in [-0.1, -0.05) is 5.16 Å². The second-order valence-corrected chi connectivity index (χ2v) is 9.74. The quantitative estimate of drug-likeness (QED) is 0.508. The predicted octanol–water partition coefficient (Wildman–Crippen LogP) is 3.26. The van der Waals surface area contributed by atoms with Crippen molar-refractivity contribution in [3.63, 3.8) is 0 Å². The number of aromatic nitrogens is 3. The maximum absolute atomic E-state index is 13.5. The van der Waals surface area contributed by atoms with Crippen LogP contribution in [-0.4, -0.2) is 58.7 Å². The van der Waals surface area contributed by atoms with Gasteiger partial charge in [0.1, 0.15) is 11.6 Å². The molecule has 2 aliphatic heterocycles. The second-order valence-electron chi connectivity index (χ2n) is 9.74. The molecule has 36 heavy (non-hydrogen) atoms. The molecule has 0 bridgehead atoms. The lowest BCUT2D eigenvalue weighted by Gasteiger charge is -2.38. The molecule has 3 atom stereocenters. The first kappa shape index (κ1) is 24.2. The fourth-order valence-electron chi connectivity index (χ4n) is 5.41. The molecule has 2 N–H and O–H groups in total. The predicted molar refractivity (Wildman–Crippen MR) is 132 cm³/mol. The zero-order valence-corrected chi connectivity index (χ0v) is 20.3. The number of carbonyl (C=O) groups excluding carboxylic acids is 1. The molecule has 2 fully saturated rings. The van der Waals surface area contributed by atoms with Gasteiger partial charge in [0.15, 0.2) is 0 Å². The first-order chi connectivity index (χ1) is 17.5. The molecule has 1 amide bonds. The van der Waals surface area contributed by atoms with E-state index in [1.165, 1.54) is 12.3 Å². The first-order valence-electron chi connectivity index (χ1n) is 12.3. The lowest BCUT2D eigenvalue weighted by molar-refractivity contribution is -0.122. The Balaban J connectivity index is 1.27. The van der Waals surface area contributed by atoms with Gasteiger partial charge in [-0.05, 0) is 74.0 Å². The SMILES string of the molecule is COc1ccc(-c2noc(N3CCC(C(N)=O)CC3CC3CCN(Cc4cncc(F)c4)C3)n2)cc1. The van der Waals surface area contributed by atoms with E-state index >= 15 is 0 Å². The minimum Gasteiger partial charge on any atom is -0.497 e. The van der Waals surface area contributed by atoms with Crippen LogP contribution < -0.4 is 15.4 Å². The molecule has 4 heterocycles. The zero-order chi connectivity index (χ0) is 25.1. The van der Waals surface area contributed by atoms with E-state index in [9.17, 15) is 9.18 Å². The van der Waals surface area contributed by atoms with Gasteiger partial charge < -0.3 is 19.9 Å². The number of halogens is 1. The number of hydrogen-bond acceptors (Lipinski definition) is 8. The molecule has 1 aromatic carbocycles. The van der Waals surface area contributed by atoms with E-state index in [1.54, 1.807) is 13.3 Å². The van der Waals surface area contributed by atoms with E-state index in [-0.39, 0.29) is 23.7 Å². The minimum absolute atomic E-state index is 0.0706. The smallest absolute Gasteiger partial charge is 0.324 e. The summed E-state index contributed by atoms with van der Waals surface area (Å²) in [7, 11) is 1.62. The zero-order valence-electron chi connectivity index (χ0n) is 20.3. The molecule has 0 aliphatic carbocycles. The Morgan fingerprint density at radius 1 is 1.22 bits per heavy atom. The van der Waals surface area contributed by atoms with Crippen LogP contribution >= 0.6 is 0 Å². The van der Waals surface area contributed by atoms with Gasteiger partial charge in [-0.2, -0.15) is 4.98 Å². The molecule has 3 unspecified atom stereocenters. The molecule has 0 radical (unpaired) electrons. The summed E-state index contributed by atoms with van der Waals surface area (Å²) < 4.78 is 24.4. The van der Waals surface area contributed by atoms with Gasteiger partial charge in [-0.15, -0.1) is 0 Å². The third kappa shape index (κ3) is 5.48. The second kappa shape index (κ2) is 10.6. The van der Waals surface area contributed by atoms with Crippen molar-refractivity contribution >= 4 is 11.9 Å². The molecule has 190 valence electrons. The third-order valence-corrected chi connectivity index (χ3v) is 7.27. The Labute approximate surface area is 209 Å². The van der Waals surface area contributed by atoms with Crippen LogP contribution in [0.2, 0.25) is 0 Å². The third-order valence-electron chi connectivity index (χ3n) is 7.27. The molecule has 5 rings (SSSR count). The standard InChI is InChI=1S/C26H31FN6O3/c1-35-23-4-2-19(3-5-23)25-30-26(36-31-25)33-9-7-20(24(28)34)12-22(33)11-17-6-8-32(15-17)16-18-10-21(27)14-29-13-18/h2-5,10,13-14,17,20,22H,6-9,11-12,15-16H2,1H3,(H2,28,34). The van der Waals surface area contributed by atoms with Gasteiger partial charge in [0.25, 0.3) is 0 Å². The number of nitrogens with zero attached hydrogens (tertiary/aromatic N) is 5. The molecule has 3 aromatic rings. The lowest BCUT2D eigenvalue weighted by Crippen LogP contribution is -2.47. The van der Waals surface area contributed by atoms with Crippen molar-refractivity contribution in [2.75, 3.05) is 31.6 Å². The Bertz CT molecular complexity index is 1190. The molecule has 9 nitrogen and oxygen atoms in total. The number of rotatable bonds is 8. The van der Waals surface area contributed by atoms with Gasteiger partial charge in [-0.3, -0.25) is 14.7 Å². The monoisotopic (exact) mass is 494 g/mol. The number of ether oxygens (including phenoxy) is 1. The van der Waals surface area contributed by atoms with E-state index in [2.05, 4.69) is 24.9 Å². The highest BCUT2D eigenvalue weighted by Crippen LogP contribution is 2.34. The van der Waals surface area contributed by atoms with Crippen LogP contribution in [0.1, 0.15) is 31.2 Å². The van der Waals surface area contributed by atoms with Crippen LogP contribution in [0.3, 0.4) is 0 Å². The number of carbonyl (C=O) groups is 1. The average Bonchev–Trinajstić information content (AvgIpc) is 3.54. The Morgan fingerprint density at radius 2 is 2.06 bits per heavy atom. The molecular formula is C26H31FN6O3. The molecule has 10 heteroatoms. The van der Waals surface area contributed by atoms with Crippen molar-refractivity contribution in [3.8, 4) is 17.1 Å². The van der Waals surface area contributed by atoms with Crippen LogP contribution in [0.5, 0.6) is 5.75 Å². The van der Waals surface area contributed by atoms with Crippen LogP contribution in [0.4, 0.5) is 10.4 Å². The van der Waals surface area contributed by atoms with Crippen molar-refractivity contribution in [3.05, 3.63) is 54.1 Å². The number of amides is 1. The van der Waals surface area contributed by atoms with Gasteiger partial charge >= 0.3 is 6.01 Å². The highest BCUT2D eigenvalue weighted by molar-refractivity contribution is 5.77. The van der Waals surface area contributed by atoms with E-state index in [0.29, 0.717) is 43.7 Å². The van der Waals surface area contributed by atoms with Gasteiger partial charge in [0.05, 0.1) is 13.3 Å². The van der Waals surface area contributed by atoms with Crippen molar-refractivity contribution < 1.29 is 18.4 Å². The Morgan fingerprint density at radius 3 is 2.81 bits per heavy atom. The minimum atomic E-state index is -0.313. The van der Waals surface area contributed by atoms with Gasteiger partial charge in [0.2, 0.25) is 11.7 Å². The number of nitrogens with two attached hydrogens (primary N) is 1. The van der Waals surface area contributed by atoms with Crippen molar-refractivity contribution in [2.24, 2.45) is 17.6 Å². The molecule has 0 saturated carbocycles. The van der Waals surface area contributed by atoms with Gasteiger partial charge in [-0.25, -0.2) is 4.39 Å². The Kier molecular flexibility index (Phi) is 7.13. The summed E-state index contributed by atoms with van der Waals surface area (Å²) in [5.74, 6) is 0.984. The number of benzene rings is 1. The number of hydrogen-bond donors (Lipinski definition) is 1. The first-order valence-corrected chi connectivity index (χ1v) is 12.3. The summed E-state index contributed by atoms with van der Waals surface area (Å²) >= 11 is 0. The van der Waals surface area contributed by atoms with Crippen LogP contribution in [0.25, 0.3) is 11.4 Å². The largest absolute Gasteiger partial charge is 0.497 e. The molecule has 2 aromatic heterocycles. The highest BCUT2D eigenvalue weighted by Gasteiger charge is 2.36. The molecule has 2 aliphatic rings. The number of primary amides is 1. The summed E-state index contributed by atoms with van der Waals surface area (Å²) in [6, 6.07) is 9.58. The van der Waals surface area contributed by atoms with Crippen molar-refractivity contribution in [1.82, 2.24) is 20.0 Å². The van der Waals surface area contributed by atoms with E-state index < -0.39 is 0 Å². The number of anilines is 1. The molecule has 2 saturated heterocycles. The summed E-state index contributed by atoms with van der Waals surface area (Å²) in [5.41, 5.74) is 7.40. The summed E-state index contributed by atoms with van der Waals surface area (Å²) in [5, 5.41) is 4.20. The summed E-state index contributed by atoms with van der Waals surface area (Å²) in [4.78, 5) is 25.1. The molecular weight excluding hydrogens is 463 g/mol. The fraction of sp³-hybridized carbons (Fsp3) is 0.462. The average molecular weight is 495 g/mol. The number of methoxy groups -OCH3 is 1. The van der Waals surface area contributed by atoms with E-state index in [1.807, 2.05) is 24.3 Å². The Hall–Kier alpha value is -3.53. The van der Waals surface area contributed by atoms with Crippen molar-refractivity contribution in [1.29, 1.82) is 0 Å². The van der Waals surface area contributed by atoms with Crippen LogP contribution in [0, 0.1) is 17.7 Å². The normalized spacial score (nSPS) is 22.6.